The Labute approximate surface area is 118 Å². The number of hydrogen-bond donors (Lipinski definition) is 1. The molecule has 1 heterocycles. The second kappa shape index (κ2) is 5.80. The minimum atomic E-state index is 0.719. The molecule has 19 heavy (non-hydrogen) atoms. The average molecular weight is 273 g/mol. The van der Waals surface area contributed by atoms with Gasteiger partial charge in [-0.2, -0.15) is 0 Å². The highest BCUT2D eigenvalue weighted by molar-refractivity contribution is 7.98. The van der Waals surface area contributed by atoms with Gasteiger partial charge in [0.15, 0.2) is 0 Å². The van der Waals surface area contributed by atoms with E-state index in [2.05, 4.69) is 39.1 Å². The topological polar surface area (TPSA) is 29.9 Å². The van der Waals surface area contributed by atoms with E-state index in [1.54, 1.807) is 0 Å². The first-order valence-electron chi connectivity index (χ1n) is 6.74. The van der Waals surface area contributed by atoms with Gasteiger partial charge in [0.25, 0.3) is 0 Å². The molecule has 3 rings (SSSR count). The molecule has 0 atom stereocenters. The maximum Gasteiger partial charge on any atom is 0.0951 e. The predicted molar refractivity (Wildman–Crippen MR) is 79.3 cm³/mol. The SMILES string of the molecule is CNCc1ccc(SCc2cncn2C2CC2)cc1. The third-order valence-electron chi connectivity index (χ3n) is 3.38. The Bertz CT molecular complexity index is 529. The van der Waals surface area contributed by atoms with Gasteiger partial charge in [-0.25, -0.2) is 4.98 Å². The zero-order valence-electron chi connectivity index (χ0n) is 11.2. The van der Waals surface area contributed by atoms with Gasteiger partial charge < -0.3 is 9.88 Å². The van der Waals surface area contributed by atoms with Crippen molar-refractivity contribution in [3.63, 3.8) is 0 Å². The fraction of sp³-hybridized carbons (Fsp3) is 0.400. The number of thioether (sulfide) groups is 1. The summed E-state index contributed by atoms with van der Waals surface area (Å²) in [4.78, 5) is 5.60. The number of imidazole rings is 1. The standard InChI is InChI=1S/C15H19N3S/c1-16-8-12-2-6-15(7-3-12)19-10-14-9-17-11-18(14)13-4-5-13/h2-3,6-7,9,11,13,16H,4-5,8,10H2,1H3. The van der Waals surface area contributed by atoms with Crippen molar-refractivity contribution < 1.29 is 0 Å². The molecule has 0 unspecified atom stereocenters. The van der Waals surface area contributed by atoms with Gasteiger partial charge in [0.05, 0.1) is 6.33 Å². The van der Waals surface area contributed by atoms with Crippen LogP contribution in [0.4, 0.5) is 0 Å². The summed E-state index contributed by atoms with van der Waals surface area (Å²) < 4.78 is 2.34. The smallest absolute Gasteiger partial charge is 0.0951 e. The molecule has 1 aromatic heterocycles. The van der Waals surface area contributed by atoms with Gasteiger partial charge in [0.2, 0.25) is 0 Å². The molecular weight excluding hydrogens is 254 g/mol. The molecule has 0 spiro atoms. The van der Waals surface area contributed by atoms with E-state index in [0.717, 1.165) is 18.3 Å². The number of rotatable bonds is 6. The quantitative estimate of drug-likeness (QED) is 0.820. The number of nitrogens with zero attached hydrogens (tertiary/aromatic N) is 2. The fourth-order valence-corrected chi connectivity index (χ4v) is 3.06. The minimum Gasteiger partial charge on any atom is -0.331 e. The van der Waals surface area contributed by atoms with Crippen LogP contribution < -0.4 is 5.32 Å². The van der Waals surface area contributed by atoms with Crippen LogP contribution in [0, 0.1) is 0 Å². The van der Waals surface area contributed by atoms with Crippen molar-refractivity contribution in [3.05, 3.63) is 48.0 Å². The molecule has 100 valence electrons. The van der Waals surface area contributed by atoms with Gasteiger partial charge >= 0.3 is 0 Å². The summed E-state index contributed by atoms with van der Waals surface area (Å²) in [7, 11) is 1.97. The molecule has 1 aliphatic rings. The van der Waals surface area contributed by atoms with Crippen LogP contribution in [0.3, 0.4) is 0 Å². The molecule has 1 aromatic carbocycles. The highest BCUT2D eigenvalue weighted by Gasteiger charge is 2.24. The van der Waals surface area contributed by atoms with Crippen LogP contribution in [0.25, 0.3) is 0 Å². The number of benzene rings is 1. The van der Waals surface area contributed by atoms with Crippen LogP contribution in [0.2, 0.25) is 0 Å². The Morgan fingerprint density at radius 2 is 2.11 bits per heavy atom. The summed E-state index contributed by atoms with van der Waals surface area (Å²) in [6, 6.07) is 9.51. The highest BCUT2D eigenvalue weighted by Crippen LogP contribution is 2.36. The zero-order valence-corrected chi connectivity index (χ0v) is 12.0. The summed E-state index contributed by atoms with van der Waals surface area (Å²) in [5.74, 6) is 1.00. The lowest BCUT2D eigenvalue weighted by Crippen LogP contribution is -2.04. The molecule has 0 bridgehead atoms. The number of nitrogens with one attached hydrogen (secondary N) is 1. The van der Waals surface area contributed by atoms with Crippen LogP contribution in [0.1, 0.15) is 30.1 Å². The lowest BCUT2D eigenvalue weighted by atomic mass is 10.2. The van der Waals surface area contributed by atoms with E-state index in [4.69, 9.17) is 0 Å². The van der Waals surface area contributed by atoms with Crippen molar-refractivity contribution in [2.45, 2.75) is 36.1 Å². The third-order valence-corrected chi connectivity index (χ3v) is 4.42. The van der Waals surface area contributed by atoms with E-state index >= 15 is 0 Å². The van der Waals surface area contributed by atoms with Crippen LogP contribution in [0.5, 0.6) is 0 Å². The van der Waals surface area contributed by atoms with E-state index in [9.17, 15) is 0 Å². The number of hydrogen-bond acceptors (Lipinski definition) is 3. The van der Waals surface area contributed by atoms with E-state index in [1.807, 2.05) is 31.3 Å². The monoisotopic (exact) mass is 273 g/mol. The molecule has 1 N–H and O–H groups in total. The first kappa shape index (κ1) is 12.8. The molecule has 0 radical (unpaired) electrons. The molecule has 2 aromatic rings. The van der Waals surface area contributed by atoms with Crippen LogP contribution in [0.15, 0.2) is 41.7 Å². The first-order valence-corrected chi connectivity index (χ1v) is 7.72. The Balaban J connectivity index is 1.60. The Morgan fingerprint density at radius 1 is 1.32 bits per heavy atom. The summed E-state index contributed by atoms with van der Waals surface area (Å²) in [5.41, 5.74) is 2.67. The third kappa shape index (κ3) is 3.19. The van der Waals surface area contributed by atoms with Gasteiger partial charge in [-0.05, 0) is 37.6 Å². The van der Waals surface area contributed by atoms with Crippen molar-refractivity contribution in [1.29, 1.82) is 0 Å². The van der Waals surface area contributed by atoms with Gasteiger partial charge in [-0.3, -0.25) is 0 Å². The van der Waals surface area contributed by atoms with Crippen molar-refractivity contribution in [2.24, 2.45) is 0 Å². The van der Waals surface area contributed by atoms with Gasteiger partial charge in [-0.15, -0.1) is 11.8 Å². The molecular formula is C15H19N3S. The van der Waals surface area contributed by atoms with Gasteiger partial charge in [-0.1, -0.05) is 12.1 Å². The first-order chi connectivity index (χ1) is 9.36. The van der Waals surface area contributed by atoms with Crippen LogP contribution in [-0.4, -0.2) is 16.6 Å². The largest absolute Gasteiger partial charge is 0.331 e. The Morgan fingerprint density at radius 3 is 2.79 bits per heavy atom. The predicted octanol–water partition coefficient (Wildman–Crippen LogP) is 3.23. The van der Waals surface area contributed by atoms with Crippen molar-refractivity contribution in [1.82, 2.24) is 14.9 Å². The zero-order chi connectivity index (χ0) is 13.1. The van der Waals surface area contributed by atoms with Crippen LogP contribution >= 0.6 is 11.8 Å². The minimum absolute atomic E-state index is 0.719. The molecule has 1 aliphatic carbocycles. The summed E-state index contributed by atoms with van der Waals surface area (Å²) in [6.45, 7) is 0.930. The summed E-state index contributed by atoms with van der Waals surface area (Å²) in [5, 5.41) is 3.17. The highest BCUT2D eigenvalue weighted by atomic mass is 32.2. The molecule has 0 aliphatic heterocycles. The summed E-state index contributed by atoms with van der Waals surface area (Å²) >= 11 is 1.88. The second-order valence-corrected chi connectivity index (χ2v) is 6.04. The fourth-order valence-electron chi connectivity index (χ4n) is 2.19. The Kier molecular flexibility index (Phi) is 3.89. The van der Waals surface area contributed by atoms with Gasteiger partial charge in [0.1, 0.15) is 0 Å². The van der Waals surface area contributed by atoms with Gasteiger partial charge in [0, 0.05) is 35.1 Å². The molecule has 1 saturated carbocycles. The van der Waals surface area contributed by atoms with E-state index in [-0.39, 0.29) is 0 Å². The van der Waals surface area contributed by atoms with E-state index < -0.39 is 0 Å². The molecule has 0 saturated heterocycles. The Hall–Kier alpha value is -1.26. The second-order valence-electron chi connectivity index (χ2n) is 4.99. The maximum atomic E-state index is 4.28. The van der Waals surface area contributed by atoms with E-state index in [0.29, 0.717) is 0 Å². The maximum absolute atomic E-state index is 4.28. The van der Waals surface area contributed by atoms with Crippen molar-refractivity contribution >= 4 is 11.8 Å². The lowest BCUT2D eigenvalue weighted by Gasteiger charge is -2.07. The molecule has 4 heteroatoms. The van der Waals surface area contributed by atoms with Crippen molar-refractivity contribution in [3.8, 4) is 0 Å². The molecule has 3 nitrogen and oxygen atoms in total. The normalized spacial score (nSPS) is 14.8. The summed E-state index contributed by atoms with van der Waals surface area (Å²) in [6.07, 6.45) is 6.60. The molecule has 1 fully saturated rings. The lowest BCUT2D eigenvalue weighted by molar-refractivity contribution is 0.714. The van der Waals surface area contributed by atoms with Crippen molar-refractivity contribution in [2.75, 3.05) is 7.05 Å². The average Bonchev–Trinajstić information content (AvgIpc) is 3.17. The number of aromatic nitrogens is 2. The molecule has 0 amide bonds. The van der Waals surface area contributed by atoms with Crippen LogP contribution in [-0.2, 0) is 12.3 Å². The van der Waals surface area contributed by atoms with E-state index in [1.165, 1.54) is 29.0 Å².